The molecule has 6 nitrogen and oxygen atoms in total. The van der Waals surface area contributed by atoms with Crippen LogP contribution in [0, 0.1) is 11.3 Å². The number of hydrogen-bond donors (Lipinski definition) is 4. The first kappa shape index (κ1) is 22.1. The van der Waals surface area contributed by atoms with Crippen molar-refractivity contribution in [3.8, 4) is 5.75 Å². The Morgan fingerprint density at radius 2 is 1.71 bits per heavy atom. The first-order valence-corrected chi connectivity index (χ1v) is 8.04. The summed E-state index contributed by atoms with van der Waals surface area (Å²) in [5.41, 5.74) is 8.18. The molecule has 0 bridgehead atoms. The maximum absolute atomic E-state index is 11.0. The van der Waals surface area contributed by atoms with E-state index in [1.165, 1.54) is 0 Å². The lowest BCUT2D eigenvalue weighted by molar-refractivity contribution is -0.125. The molecule has 1 atom stereocenters. The van der Waals surface area contributed by atoms with Crippen LogP contribution < -0.4 is 17.0 Å². The third kappa shape index (κ3) is 8.64. The minimum Gasteiger partial charge on any atom is -0.508 e. The van der Waals surface area contributed by atoms with Gasteiger partial charge < -0.3 is 10.8 Å². The van der Waals surface area contributed by atoms with E-state index in [1.54, 1.807) is 31.2 Å². The number of Topliss-reactive ketones (excluding diaryl/α,β-unsaturated/α-hetero) is 1. The molecule has 6 heteroatoms. The van der Waals surface area contributed by atoms with Gasteiger partial charge in [-0.2, -0.15) is 0 Å². The molecule has 0 aliphatic carbocycles. The Kier molecular flexibility index (Phi) is 9.25. The van der Waals surface area contributed by atoms with Gasteiger partial charge >= 0.3 is 0 Å². The lowest BCUT2D eigenvalue weighted by atomic mass is 9.81. The first-order chi connectivity index (χ1) is 11.0. The van der Waals surface area contributed by atoms with Gasteiger partial charge in [0, 0.05) is 5.41 Å². The summed E-state index contributed by atoms with van der Waals surface area (Å²) in [4.78, 5) is 21.8. The van der Waals surface area contributed by atoms with Gasteiger partial charge in [-0.05, 0) is 43.4 Å². The van der Waals surface area contributed by atoms with Crippen molar-refractivity contribution in [2.75, 3.05) is 0 Å². The van der Waals surface area contributed by atoms with Crippen LogP contribution in [-0.4, -0.2) is 22.8 Å². The lowest BCUT2D eigenvalue weighted by Gasteiger charge is -2.22. The van der Waals surface area contributed by atoms with Gasteiger partial charge in [0.05, 0.1) is 0 Å². The summed E-state index contributed by atoms with van der Waals surface area (Å²) in [6, 6.07) is 5.93. The number of amides is 1. The van der Waals surface area contributed by atoms with Crippen LogP contribution in [0.4, 0.5) is 0 Å². The number of phenolic OH excluding ortho intramolecular Hbond substituents is 1. The van der Waals surface area contributed by atoms with Crippen molar-refractivity contribution in [1.82, 2.24) is 5.43 Å². The Balaban J connectivity index is 0.000000470. The molecule has 1 amide bonds. The quantitative estimate of drug-likeness (QED) is 0.447. The van der Waals surface area contributed by atoms with Crippen molar-refractivity contribution in [3.63, 3.8) is 0 Å². The molecule has 0 spiro atoms. The van der Waals surface area contributed by atoms with Gasteiger partial charge in [0.15, 0.2) is 0 Å². The number of phenols is 1. The highest BCUT2D eigenvalue weighted by atomic mass is 16.3. The Labute approximate surface area is 144 Å². The molecule has 0 aliphatic heterocycles. The summed E-state index contributed by atoms with van der Waals surface area (Å²) in [5, 5.41) is 9.03. The highest BCUT2D eigenvalue weighted by Gasteiger charge is 2.24. The molecule has 0 fully saturated rings. The molecular weight excluding hydrogens is 306 g/mol. The van der Waals surface area contributed by atoms with Crippen LogP contribution in [0.1, 0.15) is 46.6 Å². The summed E-state index contributed by atoms with van der Waals surface area (Å²) in [6.45, 7) is 9.97. The minimum atomic E-state index is -0.584. The van der Waals surface area contributed by atoms with E-state index in [1.807, 2.05) is 13.8 Å². The standard InChI is InChI=1S/C9H13N3O2.C9H18O/c10-9(14)8(12-11)5-6-1-3-7(13)4-2-6;1-7(2)6-9(4,5)8(3)10/h1-4,8,12-13H,5,11H2,(H2,10,14);7H,6H2,1-5H3. The normalized spacial score (nSPS) is 12.3. The fourth-order valence-corrected chi connectivity index (χ4v) is 2.27. The maximum Gasteiger partial charge on any atom is 0.236 e. The van der Waals surface area contributed by atoms with Gasteiger partial charge in [0.1, 0.15) is 17.6 Å². The number of primary amides is 1. The van der Waals surface area contributed by atoms with E-state index in [-0.39, 0.29) is 11.2 Å². The Morgan fingerprint density at radius 1 is 1.21 bits per heavy atom. The maximum atomic E-state index is 11.0. The third-order valence-corrected chi connectivity index (χ3v) is 3.79. The SMILES string of the molecule is CC(=O)C(C)(C)CC(C)C.NNC(Cc1ccc(O)cc1)C(N)=O. The summed E-state index contributed by atoms with van der Waals surface area (Å²) in [6.07, 6.45) is 1.40. The molecule has 1 rings (SSSR count). The topological polar surface area (TPSA) is 118 Å². The Hall–Kier alpha value is -1.92. The van der Waals surface area contributed by atoms with Crippen molar-refractivity contribution in [2.24, 2.45) is 22.9 Å². The zero-order chi connectivity index (χ0) is 18.9. The lowest BCUT2D eigenvalue weighted by Crippen LogP contribution is -2.46. The second kappa shape index (κ2) is 10.1. The predicted molar refractivity (Wildman–Crippen MR) is 96.0 cm³/mol. The number of nitrogens with two attached hydrogens (primary N) is 2. The molecule has 0 saturated heterocycles. The molecule has 1 aromatic carbocycles. The number of rotatable bonds is 7. The van der Waals surface area contributed by atoms with Gasteiger partial charge in [0.25, 0.3) is 0 Å². The molecule has 6 N–H and O–H groups in total. The van der Waals surface area contributed by atoms with E-state index in [0.29, 0.717) is 18.1 Å². The van der Waals surface area contributed by atoms with Crippen LogP contribution in [-0.2, 0) is 16.0 Å². The smallest absolute Gasteiger partial charge is 0.236 e. The largest absolute Gasteiger partial charge is 0.508 e. The molecule has 1 aromatic rings. The van der Waals surface area contributed by atoms with Crippen LogP contribution in [0.3, 0.4) is 0 Å². The number of hydrogen-bond acceptors (Lipinski definition) is 5. The Bertz CT molecular complexity index is 525. The van der Waals surface area contributed by atoms with Crippen molar-refractivity contribution in [1.29, 1.82) is 0 Å². The van der Waals surface area contributed by atoms with E-state index in [0.717, 1.165) is 12.0 Å². The highest BCUT2D eigenvalue weighted by Crippen LogP contribution is 2.25. The molecule has 0 aliphatic rings. The Morgan fingerprint density at radius 3 is 2.00 bits per heavy atom. The number of nitrogens with one attached hydrogen (secondary N) is 1. The van der Waals surface area contributed by atoms with E-state index < -0.39 is 11.9 Å². The number of aromatic hydroxyl groups is 1. The van der Waals surface area contributed by atoms with Gasteiger partial charge in [0.2, 0.25) is 5.91 Å². The van der Waals surface area contributed by atoms with Crippen LogP contribution in [0.2, 0.25) is 0 Å². The fourth-order valence-electron chi connectivity index (χ4n) is 2.27. The number of hydrazine groups is 1. The van der Waals surface area contributed by atoms with Gasteiger partial charge in [-0.15, -0.1) is 0 Å². The predicted octanol–water partition coefficient (Wildman–Crippen LogP) is 1.90. The van der Waals surface area contributed by atoms with Crippen LogP contribution in [0.5, 0.6) is 5.75 Å². The molecule has 0 aromatic heterocycles. The molecule has 1 unspecified atom stereocenters. The zero-order valence-electron chi connectivity index (χ0n) is 15.3. The monoisotopic (exact) mass is 337 g/mol. The van der Waals surface area contributed by atoms with Crippen molar-refractivity contribution >= 4 is 11.7 Å². The molecule has 0 saturated carbocycles. The average Bonchev–Trinajstić information content (AvgIpc) is 2.45. The number of carbonyl (C=O) groups is 2. The average molecular weight is 337 g/mol. The molecule has 24 heavy (non-hydrogen) atoms. The third-order valence-electron chi connectivity index (χ3n) is 3.79. The van der Waals surface area contributed by atoms with Crippen LogP contribution in [0.15, 0.2) is 24.3 Å². The van der Waals surface area contributed by atoms with Gasteiger partial charge in [-0.25, -0.2) is 5.43 Å². The number of ketones is 1. The number of carbonyl (C=O) groups excluding carboxylic acids is 2. The molecular formula is C18H31N3O3. The summed E-state index contributed by atoms with van der Waals surface area (Å²) in [7, 11) is 0. The van der Waals surface area contributed by atoms with E-state index in [9.17, 15) is 9.59 Å². The van der Waals surface area contributed by atoms with Crippen molar-refractivity contribution in [2.45, 2.75) is 53.5 Å². The highest BCUT2D eigenvalue weighted by molar-refractivity contribution is 5.81. The zero-order valence-corrected chi connectivity index (χ0v) is 15.3. The van der Waals surface area contributed by atoms with E-state index >= 15 is 0 Å². The van der Waals surface area contributed by atoms with Gasteiger partial charge in [-0.1, -0.05) is 39.8 Å². The second-order valence-electron chi connectivity index (χ2n) is 7.03. The van der Waals surface area contributed by atoms with E-state index in [2.05, 4.69) is 19.3 Å². The summed E-state index contributed by atoms with van der Waals surface area (Å²) in [5.74, 6) is 5.74. The van der Waals surface area contributed by atoms with E-state index in [4.69, 9.17) is 16.7 Å². The van der Waals surface area contributed by atoms with Crippen molar-refractivity contribution < 1.29 is 14.7 Å². The molecule has 0 heterocycles. The first-order valence-electron chi connectivity index (χ1n) is 8.04. The second-order valence-corrected chi connectivity index (χ2v) is 7.03. The van der Waals surface area contributed by atoms with Crippen LogP contribution >= 0.6 is 0 Å². The van der Waals surface area contributed by atoms with Crippen LogP contribution in [0.25, 0.3) is 0 Å². The molecule has 136 valence electrons. The minimum absolute atomic E-state index is 0.117. The molecule has 0 radical (unpaired) electrons. The van der Waals surface area contributed by atoms with Gasteiger partial charge in [-0.3, -0.25) is 15.4 Å². The van der Waals surface area contributed by atoms with Crippen molar-refractivity contribution in [3.05, 3.63) is 29.8 Å². The summed E-state index contributed by atoms with van der Waals surface area (Å²) < 4.78 is 0. The summed E-state index contributed by atoms with van der Waals surface area (Å²) >= 11 is 0. The number of benzene rings is 1. The fraction of sp³-hybridized carbons (Fsp3) is 0.556.